The third-order valence-corrected chi connectivity index (χ3v) is 2.15. The molecule has 1 N–H and O–H groups in total. The highest BCUT2D eigenvalue weighted by molar-refractivity contribution is 4.99. The number of hydrogen-bond donors (Lipinski definition) is 1. The molecule has 0 aromatic rings. The van der Waals surface area contributed by atoms with Gasteiger partial charge in [0, 0.05) is 0 Å². The zero-order valence-electron chi connectivity index (χ0n) is 6.04. The molecular weight excluding hydrogens is 112 g/mol. The van der Waals surface area contributed by atoms with Gasteiger partial charge in [0.1, 0.15) is 0 Å². The molecule has 1 heteroatoms. The first-order valence-electron chi connectivity index (χ1n) is 3.56. The normalized spacial score (nSPS) is 43.2. The van der Waals surface area contributed by atoms with Crippen LogP contribution in [0.25, 0.3) is 0 Å². The number of aliphatic hydroxyl groups is 1. The molecule has 0 aromatic carbocycles. The fraction of sp³-hybridized carbons (Fsp3) is 0.750. The van der Waals surface area contributed by atoms with E-state index in [0.29, 0.717) is 11.8 Å². The standard InChI is InChI=1S/C8H14O/c1-6-3-4-8(9)5-7(6)2/h3-4,6-9H,5H2,1-2H3/t6-,7?,8?/m1/s1. The van der Waals surface area contributed by atoms with Gasteiger partial charge in [0.05, 0.1) is 6.10 Å². The van der Waals surface area contributed by atoms with Gasteiger partial charge < -0.3 is 5.11 Å². The van der Waals surface area contributed by atoms with Crippen molar-refractivity contribution in [1.29, 1.82) is 0 Å². The van der Waals surface area contributed by atoms with Crippen molar-refractivity contribution in [2.24, 2.45) is 11.8 Å². The van der Waals surface area contributed by atoms with E-state index < -0.39 is 0 Å². The van der Waals surface area contributed by atoms with Crippen LogP contribution in [-0.2, 0) is 0 Å². The molecule has 0 amide bonds. The van der Waals surface area contributed by atoms with Crippen LogP contribution < -0.4 is 0 Å². The van der Waals surface area contributed by atoms with Crippen molar-refractivity contribution in [3.05, 3.63) is 12.2 Å². The second-order valence-corrected chi connectivity index (χ2v) is 3.02. The molecule has 0 saturated heterocycles. The molecule has 1 aliphatic rings. The highest BCUT2D eigenvalue weighted by Crippen LogP contribution is 2.23. The summed E-state index contributed by atoms with van der Waals surface area (Å²) in [5.41, 5.74) is 0. The molecule has 1 rings (SSSR count). The van der Waals surface area contributed by atoms with Gasteiger partial charge in [-0.05, 0) is 18.3 Å². The summed E-state index contributed by atoms with van der Waals surface area (Å²) >= 11 is 0. The summed E-state index contributed by atoms with van der Waals surface area (Å²) in [6, 6.07) is 0. The highest BCUT2D eigenvalue weighted by Gasteiger charge is 2.17. The van der Waals surface area contributed by atoms with Gasteiger partial charge in [-0.3, -0.25) is 0 Å². The summed E-state index contributed by atoms with van der Waals surface area (Å²) in [5.74, 6) is 1.29. The van der Waals surface area contributed by atoms with Gasteiger partial charge in [-0.25, -0.2) is 0 Å². The average molecular weight is 126 g/mol. The molecule has 52 valence electrons. The van der Waals surface area contributed by atoms with Crippen LogP contribution in [0.3, 0.4) is 0 Å². The van der Waals surface area contributed by atoms with Crippen LogP contribution in [0.1, 0.15) is 20.3 Å². The molecule has 1 aliphatic carbocycles. The summed E-state index contributed by atoms with van der Waals surface area (Å²) in [5, 5.41) is 9.11. The average Bonchev–Trinajstić information content (AvgIpc) is 1.80. The van der Waals surface area contributed by atoms with Crippen molar-refractivity contribution in [2.75, 3.05) is 0 Å². The molecule has 9 heavy (non-hydrogen) atoms. The number of rotatable bonds is 0. The lowest BCUT2D eigenvalue weighted by molar-refractivity contribution is 0.169. The van der Waals surface area contributed by atoms with E-state index in [1.54, 1.807) is 0 Å². The third kappa shape index (κ3) is 1.55. The van der Waals surface area contributed by atoms with E-state index in [1.807, 2.05) is 6.08 Å². The van der Waals surface area contributed by atoms with Gasteiger partial charge in [-0.1, -0.05) is 26.0 Å². The van der Waals surface area contributed by atoms with E-state index in [2.05, 4.69) is 19.9 Å². The smallest absolute Gasteiger partial charge is 0.0723 e. The van der Waals surface area contributed by atoms with Crippen molar-refractivity contribution in [2.45, 2.75) is 26.4 Å². The molecule has 0 heterocycles. The number of hydrogen-bond acceptors (Lipinski definition) is 1. The Morgan fingerprint density at radius 3 is 2.44 bits per heavy atom. The molecule has 0 radical (unpaired) electrons. The number of allylic oxidation sites excluding steroid dienone is 1. The number of aliphatic hydroxyl groups excluding tert-OH is 1. The van der Waals surface area contributed by atoms with Crippen molar-refractivity contribution in [1.82, 2.24) is 0 Å². The maximum Gasteiger partial charge on any atom is 0.0723 e. The second kappa shape index (κ2) is 2.53. The van der Waals surface area contributed by atoms with Crippen molar-refractivity contribution in [3.63, 3.8) is 0 Å². The Balaban J connectivity index is 2.54. The van der Waals surface area contributed by atoms with Crippen LogP contribution in [0.4, 0.5) is 0 Å². The van der Waals surface area contributed by atoms with E-state index >= 15 is 0 Å². The largest absolute Gasteiger partial charge is 0.389 e. The van der Waals surface area contributed by atoms with Gasteiger partial charge in [0.15, 0.2) is 0 Å². The SMILES string of the molecule is CC1CC(O)C=C[C@H]1C. The van der Waals surface area contributed by atoms with E-state index in [4.69, 9.17) is 5.11 Å². The van der Waals surface area contributed by atoms with Crippen LogP contribution >= 0.6 is 0 Å². The van der Waals surface area contributed by atoms with Gasteiger partial charge in [0.25, 0.3) is 0 Å². The summed E-state index contributed by atoms with van der Waals surface area (Å²) in [6.45, 7) is 4.37. The minimum atomic E-state index is -0.184. The van der Waals surface area contributed by atoms with E-state index in [9.17, 15) is 0 Å². The van der Waals surface area contributed by atoms with Crippen LogP contribution in [0.5, 0.6) is 0 Å². The molecular formula is C8H14O. The summed E-state index contributed by atoms with van der Waals surface area (Å²) in [4.78, 5) is 0. The van der Waals surface area contributed by atoms with Crippen LogP contribution in [0.2, 0.25) is 0 Å². The van der Waals surface area contributed by atoms with E-state index in [1.165, 1.54) is 0 Å². The highest BCUT2D eigenvalue weighted by atomic mass is 16.3. The minimum Gasteiger partial charge on any atom is -0.389 e. The quantitative estimate of drug-likeness (QED) is 0.488. The lowest BCUT2D eigenvalue weighted by Gasteiger charge is -2.23. The Kier molecular flexibility index (Phi) is 1.91. The maximum atomic E-state index is 9.11. The van der Waals surface area contributed by atoms with Gasteiger partial charge in [-0.15, -0.1) is 0 Å². The van der Waals surface area contributed by atoms with Crippen molar-refractivity contribution < 1.29 is 5.11 Å². The van der Waals surface area contributed by atoms with Gasteiger partial charge >= 0.3 is 0 Å². The minimum absolute atomic E-state index is 0.184. The molecule has 2 unspecified atom stereocenters. The van der Waals surface area contributed by atoms with E-state index in [-0.39, 0.29) is 6.10 Å². The lowest BCUT2D eigenvalue weighted by Crippen LogP contribution is -2.18. The molecule has 0 aliphatic heterocycles. The van der Waals surface area contributed by atoms with Crippen molar-refractivity contribution in [3.8, 4) is 0 Å². The summed E-state index contributed by atoms with van der Waals surface area (Å²) < 4.78 is 0. The zero-order chi connectivity index (χ0) is 6.85. The van der Waals surface area contributed by atoms with Gasteiger partial charge in [-0.2, -0.15) is 0 Å². The molecule has 0 fully saturated rings. The first kappa shape index (κ1) is 6.81. The Morgan fingerprint density at radius 1 is 1.33 bits per heavy atom. The predicted octanol–water partition coefficient (Wildman–Crippen LogP) is 1.58. The third-order valence-electron chi connectivity index (χ3n) is 2.15. The van der Waals surface area contributed by atoms with Crippen LogP contribution in [0.15, 0.2) is 12.2 Å². The molecule has 1 nitrogen and oxygen atoms in total. The second-order valence-electron chi connectivity index (χ2n) is 3.02. The first-order valence-corrected chi connectivity index (χ1v) is 3.56. The van der Waals surface area contributed by atoms with Gasteiger partial charge in [0.2, 0.25) is 0 Å². The van der Waals surface area contributed by atoms with Crippen molar-refractivity contribution >= 4 is 0 Å². The van der Waals surface area contributed by atoms with Crippen LogP contribution in [-0.4, -0.2) is 11.2 Å². The summed E-state index contributed by atoms with van der Waals surface area (Å²) in [6.07, 6.45) is 4.73. The Morgan fingerprint density at radius 2 is 2.00 bits per heavy atom. The Labute approximate surface area is 56.4 Å². The summed E-state index contributed by atoms with van der Waals surface area (Å²) in [7, 11) is 0. The Bertz CT molecular complexity index is 118. The molecule has 0 saturated carbocycles. The molecule has 3 atom stereocenters. The molecule has 0 aromatic heterocycles. The maximum absolute atomic E-state index is 9.11. The Hall–Kier alpha value is -0.300. The fourth-order valence-corrected chi connectivity index (χ4v) is 1.17. The predicted molar refractivity (Wildman–Crippen MR) is 38.1 cm³/mol. The topological polar surface area (TPSA) is 20.2 Å². The molecule has 0 bridgehead atoms. The monoisotopic (exact) mass is 126 g/mol. The fourth-order valence-electron chi connectivity index (χ4n) is 1.17. The van der Waals surface area contributed by atoms with Crippen LogP contribution in [0, 0.1) is 11.8 Å². The first-order chi connectivity index (χ1) is 4.20. The lowest BCUT2D eigenvalue weighted by atomic mass is 9.86. The zero-order valence-corrected chi connectivity index (χ0v) is 6.04. The van der Waals surface area contributed by atoms with E-state index in [0.717, 1.165) is 6.42 Å². The molecule has 0 spiro atoms.